The van der Waals surface area contributed by atoms with Crippen LogP contribution < -0.4 is 5.32 Å². The fourth-order valence-corrected chi connectivity index (χ4v) is 2.77. The van der Waals surface area contributed by atoms with Crippen LogP contribution in [0.3, 0.4) is 0 Å². The van der Waals surface area contributed by atoms with Crippen LogP contribution in [0.1, 0.15) is 19.0 Å². The van der Waals surface area contributed by atoms with Gasteiger partial charge in [-0.25, -0.2) is 0 Å². The van der Waals surface area contributed by atoms with E-state index in [-0.39, 0.29) is 18.4 Å². The Bertz CT molecular complexity index is 707. The summed E-state index contributed by atoms with van der Waals surface area (Å²) in [4.78, 5) is 25.6. The Morgan fingerprint density at radius 1 is 1.33 bits per heavy atom. The normalized spacial score (nSPS) is 19.1. The number of piperazine rings is 1. The van der Waals surface area contributed by atoms with Gasteiger partial charge in [0.1, 0.15) is 12.6 Å². The Balaban J connectivity index is 1.91. The number of fused-ring (bicyclic) bond motifs is 1. The number of hydrogen-bond donors (Lipinski definition) is 1. The van der Waals surface area contributed by atoms with Gasteiger partial charge >= 0.3 is 0 Å². The zero-order chi connectivity index (χ0) is 15.0. The molecule has 1 aliphatic rings. The van der Waals surface area contributed by atoms with E-state index in [1.54, 1.807) is 9.58 Å². The van der Waals surface area contributed by atoms with Gasteiger partial charge in [0.15, 0.2) is 0 Å². The highest BCUT2D eigenvalue weighted by molar-refractivity contribution is 5.95. The fourth-order valence-electron chi connectivity index (χ4n) is 2.77. The maximum absolute atomic E-state index is 12.3. The summed E-state index contributed by atoms with van der Waals surface area (Å²) in [7, 11) is 1.88. The Morgan fingerprint density at radius 2 is 2.10 bits per heavy atom. The molecule has 0 saturated carbocycles. The second kappa shape index (κ2) is 5.20. The summed E-state index contributed by atoms with van der Waals surface area (Å²) in [5.74, 6) is -0.145. The highest BCUT2D eigenvalue weighted by Crippen LogP contribution is 2.20. The summed E-state index contributed by atoms with van der Waals surface area (Å²) in [5.41, 5.74) is 1.85. The van der Waals surface area contributed by atoms with Gasteiger partial charge in [-0.3, -0.25) is 14.3 Å². The highest BCUT2D eigenvalue weighted by atomic mass is 16.2. The van der Waals surface area contributed by atoms with Gasteiger partial charge in [0.05, 0.1) is 17.8 Å². The third kappa shape index (κ3) is 2.37. The lowest BCUT2D eigenvalue weighted by atomic mass is 10.1. The summed E-state index contributed by atoms with van der Waals surface area (Å²) in [6, 6.07) is 7.48. The average molecular weight is 286 g/mol. The SMILES string of the molecule is CCC1NC(=O)CN(Cc2nn(C)c3ccccc23)C1=O. The summed E-state index contributed by atoms with van der Waals surface area (Å²) in [6.45, 7) is 2.35. The second-order valence-corrected chi connectivity index (χ2v) is 5.31. The van der Waals surface area contributed by atoms with Gasteiger partial charge in [0, 0.05) is 12.4 Å². The number of amides is 2. The van der Waals surface area contributed by atoms with E-state index in [9.17, 15) is 9.59 Å². The maximum Gasteiger partial charge on any atom is 0.245 e. The van der Waals surface area contributed by atoms with Crippen LogP contribution in [0.2, 0.25) is 0 Å². The van der Waals surface area contributed by atoms with Crippen molar-refractivity contribution in [3.8, 4) is 0 Å². The van der Waals surface area contributed by atoms with Crippen LogP contribution in [-0.4, -0.2) is 39.1 Å². The van der Waals surface area contributed by atoms with E-state index >= 15 is 0 Å². The lowest BCUT2D eigenvalue weighted by Crippen LogP contribution is -2.57. The van der Waals surface area contributed by atoms with Crippen LogP contribution in [0.5, 0.6) is 0 Å². The first-order valence-corrected chi connectivity index (χ1v) is 7.09. The minimum atomic E-state index is -0.416. The van der Waals surface area contributed by atoms with E-state index in [1.807, 2.05) is 38.2 Å². The molecular weight excluding hydrogens is 268 g/mol. The van der Waals surface area contributed by atoms with Crippen molar-refractivity contribution >= 4 is 22.7 Å². The smallest absolute Gasteiger partial charge is 0.245 e. The number of carbonyl (C=O) groups excluding carboxylic acids is 2. The van der Waals surface area contributed by atoms with Crippen molar-refractivity contribution in [1.82, 2.24) is 20.0 Å². The molecule has 1 aliphatic heterocycles. The van der Waals surface area contributed by atoms with E-state index in [0.717, 1.165) is 16.6 Å². The number of hydrogen-bond acceptors (Lipinski definition) is 3. The minimum Gasteiger partial charge on any atom is -0.343 e. The van der Waals surface area contributed by atoms with Crippen LogP contribution in [0, 0.1) is 0 Å². The molecule has 2 amide bonds. The number of nitrogens with one attached hydrogen (secondary N) is 1. The molecule has 1 saturated heterocycles. The third-order valence-corrected chi connectivity index (χ3v) is 3.86. The van der Waals surface area contributed by atoms with E-state index in [0.29, 0.717) is 13.0 Å². The first-order chi connectivity index (χ1) is 10.1. The number of aromatic nitrogens is 2. The van der Waals surface area contributed by atoms with Gasteiger partial charge in [-0.1, -0.05) is 25.1 Å². The van der Waals surface area contributed by atoms with E-state index in [2.05, 4.69) is 10.4 Å². The standard InChI is InChI=1S/C15H18N4O2/c1-3-11-15(21)19(9-14(20)16-11)8-12-10-6-4-5-7-13(10)18(2)17-12/h4-7,11H,3,8-9H2,1-2H3,(H,16,20). The summed E-state index contributed by atoms with van der Waals surface area (Å²) in [6.07, 6.45) is 0.601. The van der Waals surface area contributed by atoms with E-state index in [4.69, 9.17) is 0 Å². The van der Waals surface area contributed by atoms with Crippen LogP contribution >= 0.6 is 0 Å². The zero-order valence-corrected chi connectivity index (χ0v) is 12.2. The van der Waals surface area contributed by atoms with Crippen LogP contribution in [-0.2, 0) is 23.2 Å². The minimum absolute atomic E-state index is 0.0353. The predicted molar refractivity (Wildman–Crippen MR) is 78.4 cm³/mol. The van der Waals surface area contributed by atoms with Crippen molar-refractivity contribution in [3.05, 3.63) is 30.0 Å². The van der Waals surface area contributed by atoms with Crippen LogP contribution in [0.15, 0.2) is 24.3 Å². The number of aryl methyl sites for hydroxylation is 1. The van der Waals surface area contributed by atoms with E-state index < -0.39 is 6.04 Å². The summed E-state index contributed by atoms with van der Waals surface area (Å²) >= 11 is 0. The molecule has 21 heavy (non-hydrogen) atoms. The Labute approximate surface area is 122 Å². The molecule has 2 aromatic rings. The molecule has 0 aliphatic carbocycles. The molecule has 110 valence electrons. The van der Waals surface area contributed by atoms with Crippen molar-refractivity contribution in [2.75, 3.05) is 6.54 Å². The first kappa shape index (κ1) is 13.6. The van der Waals surface area contributed by atoms with Gasteiger partial charge < -0.3 is 10.2 Å². The fraction of sp³-hybridized carbons (Fsp3) is 0.400. The molecule has 3 rings (SSSR count). The van der Waals surface area contributed by atoms with Crippen molar-refractivity contribution in [3.63, 3.8) is 0 Å². The van der Waals surface area contributed by atoms with Crippen LogP contribution in [0.25, 0.3) is 10.9 Å². The molecule has 1 N–H and O–H groups in total. The molecule has 1 fully saturated rings. The largest absolute Gasteiger partial charge is 0.343 e. The quantitative estimate of drug-likeness (QED) is 0.908. The topological polar surface area (TPSA) is 67.2 Å². The number of benzene rings is 1. The van der Waals surface area contributed by atoms with Crippen molar-refractivity contribution < 1.29 is 9.59 Å². The molecular formula is C15H18N4O2. The van der Waals surface area contributed by atoms with Gasteiger partial charge in [-0.05, 0) is 12.5 Å². The number of para-hydroxylation sites is 1. The van der Waals surface area contributed by atoms with Gasteiger partial charge in [0.2, 0.25) is 11.8 Å². The van der Waals surface area contributed by atoms with Gasteiger partial charge in [-0.2, -0.15) is 5.10 Å². The average Bonchev–Trinajstić information content (AvgIpc) is 2.79. The molecule has 0 bridgehead atoms. The summed E-state index contributed by atoms with van der Waals surface area (Å²) in [5, 5.41) is 8.22. The second-order valence-electron chi connectivity index (χ2n) is 5.31. The molecule has 1 aromatic heterocycles. The zero-order valence-electron chi connectivity index (χ0n) is 12.2. The Morgan fingerprint density at radius 3 is 2.86 bits per heavy atom. The van der Waals surface area contributed by atoms with Crippen molar-refractivity contribution in [2.45, 2.75) is 25.9 Å². The predicted octanol–water partition coefficient (Wildman–Crippen LogP) is 0.810. The number of rotatable bonds is 3. The molecule has 1 unspecified atom stereocenters. The van der Waals surface area contributed by atoms with Crippen LogP contribution in [0.4, 0.5) is 0 Å². The molecule has 6 nitrogen and oxygen atoms in total. The molecule has 1 aromatic carbocycles. The highest BCUT2D eigenvalue weighted by Gasteiger charge is 2.32. The number of nitrogens with zero attached hydrogens (tertiary/aromatic N) is 3. The third-order valence-electron chi connectivity index (χ3n) is 3.86. The van der Waals surface area contributed by atoms with E-state index in [1.165, 1.54) is 0 Å². The maximum atomic E-state index is 12.3. The molecule has 6 heteroatoms. The van der Waals surface area contributed by atoms with Gasteiger partial charge in [-0.15, -0.1) is 0 Å². The number of carbonyl (C=O) groups is 2. The first-order valence-electron chi connectivity index (χ1n) is 7.09. The van der Waals surface area contributed by atoms with Crippen molar-refractivity contribution in [1.29, 1.82) is 0 Å². The van der Waals surface area contributed by atoms with Gasteiger partial charge in [0.25, 0.3) is 0 Å². The molecule has 0 radical (unpaired) electrons. The van der Waals surface area contributed by atoms with Crippen molar-refractivity contribution in [2.24, 2.45) is 7.05 Å². The summed E-state index contributed by atoms with van der Waals surface area (Å²) < 4.78 is 1.80. The Kier molecular flexibility index (Phi) is 3.37. The Hall–Kier alpha value is -2.37. The molecule has 1 atom stereocenters. The molecule has 0 spiro atoms. The molecule has 2 heterocycles. The lowest BCUT2D eigenvalue weighted by Gasteiger charge is -2.31. The monoisotopic (exact) mass is 286 g/mol. The lowest BCUT2D eigenvalue weighted by molar-refractivity contribution is -0.144.